The fourth-order valence-electron chi connectivity index (χ4n) is 6.23. The summed E-state index contributed by atoms with van der Waals surface area (Å²) in [5.41, 5.74) is 10.6. The van der Waals surface area contributed by atoms with Crippen molar-refractivity contribution in [2.75, 3.05) is 0 Å². The molecule has 3 heterocycles. The van der Waals surface area contributed by atoms with Crippen LogP contribution in [0.5, 0.6) is 0 Å². The van der Waals surface area contributed by atoms with Crippen LogP contribution in [0.25, 0.3) is 60.1 Å². The Morgan fingerprint density at radius 2 is 1.53 bits per heavy atom. The largest absolute Gasteiger partial charge is 0.307 e. The molecule has 7 rings (SSSR count). The lowest BCUT2D eigenvalue weighted by atomic mass is 9.96. The highest BCUT2D eigenvalue weighted by Crippen LogP contribution is 2.44. The minimum Gasteiger partial charge on any atom is -0.307 e. The smallest absolute Gasteiger partial charge is 0.224 e. The summed E-state index contributed by atoms with van der Waals surface area (Å²) in [6, 6.07) is 27.4. The average Bonchev–Trinajstić information content (AvgIpc) is 3.19. The van der Waals surface area contributed by atoms with Gasteiger partial charge in [0.15, 0.2) is 6.20 Å². The molecule has 0 unspecified atom stereocenters. The zero-order valence-corrected chi connectivity index (χ0v) is 22.9. The van der Waals surface area contributed by atoms with E-state index in [1.807, 2.05) is 0 Å². The van der Waals surface area contributed by atoms with E-state index in [1.54, 1.807) is 0 Å². The first-order valence-corrected chi connectivity index (χ1v) is 16.4. The Balaban J connectivity index is 1.89. The summed E-state index contributed by atoms with van der Waals surface area (Å²) < 4.78 is 4.94. The first-order valence-electron chi connectivity index (χ1n) is 12.9. The molecule has 0 saturated heterocycles. The fraction of sp³-hybridized carbons (Fsp3) is 0.182. The molecule has 0 aliphatic carbocycles. The number of pyridine rings is 2. The van der Waals surface area contributed by atoms with Gasteiger partial charge < -0.3 is 4.40 Å². The molecule has 0 N–H and O–H groups in total. The topological polar surface area (TPSA) is 8.29 Å². The van der Waals surface area contributed by atoms with Gasteiger partial charge in [0.05, 0.1) is 35.4 Å². The number of benzene rings is 4. The zero-order valence-electron chi connectivity index (χ0n) is 21.9. The Labute approximate surface area is 212 Å². The van der Waals surface area contributed by atoms with Crippen LogP contribution in [0.2, 0.25) is 19.6 Å². The van der Waals surface area contributed by atoms with Gasteiger partial charge in [-0.25, -0.2) is 4.57 Å². The van der Waals surface area contributed by atoms with Crippen molar-refractivity contribution >= 4 is 62.3 Å². The number of rotatable bonds is 2. The maximum Gasteiger partial charge on any atom is 0.224 e. The summed E-state index contributed by atoms with van der Waals surface area (Å²) in [5, 5.41) is 8.27. The highest BCUT2D eigenvalue weighted by atomic mass is 28.3. The van der Waals surface area contributed by atoms with E-state index < -0.39 is 8.07 Å². The molecule has 0 saturated carbocycles. The molecule has 0 amide bonds. The molecular weight excluding hydrogens is 452 g/mol. The van der Waals surface area contributed by atoms with Crippen LogP contribution in [0.15, 0.2) is 79.0 Å². The van der Waals surface area contributed by atoms with E-state index in [4.69, 9.17) is 0 Å². The van der Waals surface area contributed by atoms with Crippen molar-refractivity contribution in [1.29, 1.82) is 0 Å². The molecule has 0 aliphatic rings. The normalized spacial score (nSPS) is 12.7. The van der Waals surface area contributed by atoms with Crippen LogP contribution in [0.4, 0.5) is 0 Å². The molecule has 2 nitrogen and oxygen atoms in total. The third-order valence-electron chi connectivity index (χ3n) is 8.24. The number of nitrogens with zero attached hydrogens (tertiary/aromatic N) is 2. The van der Waals surface area contributed by atoms with Crippen molar-refractivity contribution in [3.05, 3.63) is 90.1 Å². The monoisotopic (exact) mass is 483 g/mol. The first kappa shape index (κ1) is 21.6. The molecule has 0 aliphatic heterocycles. The average molecular weight is 484 g/mol. The summed E-state index contributed by atoms with van der Waals surface area (Å²) in [5.74, 6) is 0. The minimum absolute atomic E-state index is 1.26. The van der Waals surface area contributed by atoms with Crippen molar-refractivity contribution in [3.8, 4) is 11.1 Å². The fourth-order valence-corrected chi connectivity index (χ4v) is 7.39. The Kier molecular flexibility index (Phi) is 4.30. The van der Waals surface area contributed by atoms with E-state index in [9.17, 15) is 0 Å². The number of aromatic nitrogens is 2. The van der Waals surface area contributed by atoms with Crippen LogP contribution in [0.3, 0.4) is 0 Å². The van der Waals surface area contributed by atoms with Crippen LogP contribution in [0, 0.1) is 13.8 Å². The molecular formula is C33H31N2Si+. The van der Waals surface area contributed by atoms with Gasteiger partial charge in [0.25, 0.3) is 0 Å². The predicted molar refractivity (Wildman–Crippen MR) is 158 cm³/mol. The highest BCUT2D eigenvalue weighted by molar-refractivity contribution is 6.89. The van der Waals surface area contributed by atoms with Gasteiger partial charge in [-0.3, -0.25) is 0 Å². The number of aryl methyl sites for hydroxylation is 3. The van der Waals surface area contributed by atoms with Crippen molar-refractivity contribution in [2.45, 2.75) is 33.5 Å². The van der Waals surface area contributed by atoms with Gasteiger partial charge in [0.1, 0.15) is 7.05 Å². The lowest BCUT2D eigenvalue weighted by Crippen LogP contribution is -2.38. The molecule has 0 fully saturated rings. The van der Waals surface area contributed by atoms with Crippen molar-refractivity contribution in [1.82, 2.24) is 4.40 Å². The third-order valence-corrected chi connectivity index (χ3v) is 10.3. The number of hydrogen-bond donors (Lipinski definition) is 0. The SMILES string of the molecule is Cc1cc2c3cccc(-c4ccccc4)c3n3c4cc([Si](C)(C)C)cc5cc[n+](C)c(c(c1C)c23)c54. The molecule has 3 heteroatoms. The lowest BCUT2D eigenvalue weighted by molar-refractivity contribution is -0.643. The van der Waals surface area contributed by atoms with E-state index in [0.717, 1.165) is 0 Å². The maximum atomic E-state index is 2.60. The second-order valence-electron chi connectivity index (χ2n) is 11.5. The van der Waals surface area contributed by atoms with E-state index in [1.165, 1.54) is 76.4 Å². The standard InChI is InChI=1S/C33H31N2Si/c1-20-17-27-26-14-10-13-25(22-11-8-7-9-12-22)31(26)35-28-19-24(36(4,5)6)18-23-15-16-34(3)33(30(23)28)29(21(20)2)32(27)35/h7-19H,1-6H3/q+1. The van der Waals surface area contributed by atoms with Crippen molar-refractivity contribution < 1.29 is 4.57 Å². The van der Waals surface area contributed by atoms with Gasteiger partial charge >= 0.3 is 0 Å². The Bertz CT molecular complexity index is 1990. The summed E-state index contributed by atoms with van der Waals surface area (Å²) in [6.45, 7) is 11.9. The van der Waals surface area contributed by atoms with Gasteiger partial charge in [-0.05, 0) is 48.1 Å². The molecule has 0 atom stereocenters. The third kappa shape index (κ3) is 2.75. The van der Waals surface area contributed by atoms with Gasteiger partial charge in [-0.15, -0.1) is 0 Å². The van der Waals surface area contributed by atoms with Crippen LogP contribution in [0.1, 0.15) is 11.1 Å². The molecule has 36 heavy (non-hydrogen) atoms. The second kappa shape index (κ2) is 7.17. The summed E-state index contributed by atoms with van der Waals surface area (Å²) >= 11 is 0. The van der Waals surface area contributed by atoms with E-state index >= 15 is 0 Å². The molecule has 3 aromatic heterocycles. The van der Waals surface area contributed by atoms with Crippen LogP contribution >= 0.6 is 0 Å². The molecule has 176 valence electrons. The summed E-state index contributed by atoms with van der Waals surface area (Å²) in [4.78, 5) is 0. The highest BCUT2D eigenvalue weighted by Gasteiger charge is 2.27. The van der Waals surface area contributed by atoms with Gasteiger partial charge in [0.2, 0.25) is 5.52 Å². The Morgan fingerprint density at radius 1 is 0.750 bits per heavy atom. The summed E-state index contributed by atoms with van der Waals surface area (Å²) in [7, 11) is 0.656. The zero-order chi connectivity index (χ0) is 24.9. The van der Waals surface area contributed by atoms with E-state index in [-0.39, 0.29) is 0 Å². The van der Waals surface area contributed by atoms with Crippen molar-refractivity contribution in [2.24, 2.45) is 7.05 Å². The molecule has 0 bridgehead atoms. The number of para-hydroxylation sites is 1. The Hall–Kier alpha value is -3.69. The van der Waals surface area contributed by atoms with Crippen LogP contribution < -0.4 is 9.75 Å². The van der Waals surface area contributed by atoms with Crippen LogP contribution in [-0.4, -0.2) is 12.5 Å². The molecule has 0 spiro atoms. The molecule has 4 aromatic carbocycles. The van der Waals surface area contributed by atoms with Gasteiger partial charge in [-0.1, -0.05) is 79.4 Å². The Morgan fingerprint density at radius 3 is 2.28 bits per heavy atom. The van der Waals surface area contributed by atoms with E-state index in [2.05, 4.69) is 128 Å². The summed E-state index contributed by atoms with van der Waals surface area (Å²) in [6.07, 6.45) is 2.25. The quantitative estimate of drug-likeness (QED) is 0.103. The minimum atomic E-state index is -1.54. The number of hydrogen-bond acceptors (Lipinski definition) is 0. The lowest BCUT2D eigenvalue weighted by Gasteiger charge is -2.20. The van der Waals surface area contributed by atoms with E-state index in [0.29, 0.717) is 0 Å². The van der Waals surface area contributed by atoms with Crippen molar-refractivity contribution in [3.63, 3.8) is 0 Å². The van der Waals surface area contributed by atoms with Gasteiger partial charge in [0, 0.05) is 22.4 Å². The molecule has 0 radical (unpaired) electrons. The predicted octanol–water partition coefficient (Wildman–Crippen LogP) is 7.64. The first-order chi connectivity index (χ1) is 17.3. The van der Waals surface area contributed by atoms with Crippen LogP contribution in [-0.2, 0) is 7.05 Å². The second-order valence-corrected chi connectivity index (χ2v) is 16.6. The number of fused-ring (bicyclic) bond motifs is 5. The maximum absolute atomic E-state index is 2.60. The van der Waals surface area contributed by atoms with Gasteiger partial charge in [-0.2, -0.15) is 0 Å². The molecule has 7 aromatic rings.